The van der Waals surface area contributed by atoms with Gasteiger partial charge >= 0.3 is 6.09 Å². The molecule has 1 aliphatic carbocycles. The maximum atomic E-state index is 12.9. The Kier molecular flexibility index (Phi) is 10.2. The topological polar surface area (TPSA) is 135 Å². The summed E-state index contributed by atoms with van der Waals surface area (Å²) in [5, 5.41) is 1.74. The lowest BCUT2D eigenvalue weighted by molar-refractivity contribution is -0.0259. The smallest absolute Gasteiger partial charge is 0.410 e. The van der Waals surface area contributed by atoms with Gasteiger partial charge < -0.3 is 34.6 Å². The van der Waals surface area contributed by atoms with E-state index in [4.69, 9.17) is 25.2 Å². The lowest BCUT2D eigenvalue weighted by Gasteiger charge is -2.46. The van der Waals surface area contributed by atoms with Crippen LogP contribution in [0.3, 0.4) is 0 Å². The van der Waals surface area contributed by atoms with Crippen LogP contribution in [0.2, 0.25) is 0 Å². The first-order chi connectivity index (χ1) is 26.8. The summed E-state index contributed by atoms with van der Waals surface area (Å²) in [6.07, 6.45) is 7.59. The second kappa shape index (κ2) is 14.9. The lowest BCUT2D eigenvalue weighted by Crippen LogP contribution is -2.59. The molecule has 3 atom stereocenters. The number of ether oxygens (including phenoxy) is 2. The molecule has 0 radical (unpaired) electrons. The van der Waals surface area contributed by atoms with Gasteiger partial charge in [0.25, 0.3) is 5.56 Å². The highest BCUT2D eigenvalue weighted by Gasteiger charge is 2.43. The summed E-state index contributed by atoms with van der Waals surface area (Å²) in [6.45, 7) is 14.5. The first-order valence-corrected chi connectivity index (χ1v) is 20.2. The molecule has 3 aromatic heterocycles. The van der Waals surface area contributed by atoms with E-state index in [2.05, 4.69) is 59.0 Å². The standard InChI is InChI=1S/C44H56N8O4/c1-28-24-52(42(54)56-43(3,4)5)29(2)23-51(28)25-30-17-20-50(21-18-30)41-47-37-15-12-31(36-26-49(6)40(53)38-34(36)16-19-46-38)22-35(37)39(48-41)44(27-45,55-33-13-14-33)32-10-8-7-9-11-32/h7-12,15-16,19,22,26,28-30,33,46H,13-14,17-18,20-21,23-25,27,45H2,1-6H3/t28-,29+,44?/m0/s1. The molecule has 3 aliphatic rings. The van der Waals surface area contributed by atoms with Crippen molar-refractivity contribution < 1.29 is 14.3 Å². The van der Waals surface area contributed by atoms with Gasteiger partial charge in [0.15, 0.2) is 0 Å². The Hall–Kier alpha value is -4.78. The van der Waals surface area contributed by atoms with Gasteiger partial charge in [-0.15, -0.1) is 0 Å². The van der Waals surface area contributed by atoms with Crippen LogP contribution in [0.1, 0.15) is 71.6 Å². The van der Waals surface area contributed by atoms with Crippen LogP contribution in [0.25, 0.3) is 32.9 Å². The number of carbonyl (C=O) groups excluding carboxylic acids is 1. The minimum absolute atomic E-state index is 0.0686. The number of aromatic amines is 1. The van der Waals surface area contributed by atoms with Gasteiger partial charge in [-0.2, -0.15) is 0 Å². The van der Waals surface area contributed by atoms with Crippen molar-refractivity contribution in [3.63, 3.8) is 0 Å². The fourth-order valence-electron chi connectivity index (χ4n) is 8.61. The lowest BCUT2D eigenvalue weighted by atomic mass is 9.86. The zero-order valence-corrected chi connectivity index (χ0v) is 33.6. The van der Waals surface area contributed by atoms with Crippen LogP contribution in [0.15, 0.2) is 71.8 Å². The Morgan fingerprint density at radius 1 is 0.946 bits per heavy atom. The predicted molar refractivity (Wildman–Crippen MR) is 221 cm³/mol. The van der Waals surface area contributed by atoms with Gasteiger partial charge in [-0.05, 0) is 95.5 Å². The van der Waals surface area contributed by atoms with E-state index in [0.717, 1.165) is 90.5 Å². The number of benzene rings is 2. The number of hydrogen-bond donors (Lipinski definition) is 2. The molecule has 0 bridgehead atoms. The fourth-order valence-corrected chi connectivity index (χ4v) is 8.61. The van der Waals surface area contributed by atoms with Crippen LogP contribution < -0.4 is 16.2 Å². The van der Waals surface area contributed by atoms with Crippen molar-refractivity contribution in [2.45, 2.75) is 89.7 Å². The SMILES string of the molecule is C[C@@H]1CN(CC2CCN(c3nc(C(CN)(OC4CC4)c4ccccc4)c4cc(-c5cn(C)c(=O)c6[nH]ccc56)ccc4n3)CC2)[C@@H](C)CN1C(=O)OC(C)(C)C. The molecule has 2 saturated heterocycles. The zero-order chi connectivity index (χ0) is 39.4. The second-order valence-electron chi connectivity index (χ2n) is 17.3. The summed E-state index contributed by atoms with van der Waals surface area (Å²) in [4.78, 5) is 46.4. The number of carbonyl (C=O) groups is 1. The molecule has 5 heterocycles. The van der Waals surface area contributed by atoms with E-state index in [9.17, 15) is 9.59 Å². The van der Waals surface area contributed by atoms with E-state index in [1.807, 2.05) is 62.3 Å². The van der Waals surface area contributed by atoms with Crippen LogP contribution in [-0.4, -0.2) is 98.5 Å². The van der Waals surface area contributed by atoms with Crippen molar-refractivity contribution in [1.82, 2.24) is 29.3 Å². The number of nitrogens with one attached hydrogen (secondary N) is 1. The van der Waals surface area contributed by atoms with E-state index in [0.29, 0.717) is 23.9 Å². The van der Waals surface area contributed by atoms with E-state index >= 15 is 0 Å². The molecule has 0 spiro atoms. The maximum absolute atomic E-state index is 12.9. The van der Waals surface area contributed by atoms with Crippen molar-refractivity contribution in [1.29, 1.82) is 0 Å². The van der Waals surface area contributed by atoms with Crippen molar-refractivity contribution in [2.24, 2.45) is 18.7 Å². The molecule has 1 amide bonds. The molecule has 12 nitrogen and oxygen atoms in total. The molecule has 1 saturated carbocycles. The Balaban J connectivity index is 1.10. The molecule has 5 aromatic rings. The van der Waals surface area contributed by atoms with Gasteiger partial charge in [0.2, 0.25) is 5.95 Å². The van der Waals surface area contributed by atoms with Gasteiger partial charge in [0, 0.05) is 87.1 Å². The maximum Gasteiger partial charge on any atom is 0.410 e. The Morgan fingerprint density at radius 2 is 1.70 bits per heavy atom. The number of piperazine rings is 1. The Morgan fingerprint density at radius 3 is 2.39 bits per heavy atom. The second-order valence-corrected chi connectivity index (χ2v) is 17.3. The zero-order valence-electron chi connectivity index (χ0n) is 33.6. The van der Waals surface area contributed by atoms with Gasteiger partial charge in [0.1, 0.15) is 16.7 Å². The normalized spacial score (nSPS) is 21.1. The number of nitrogens with zero attached hydrogens (tertiary/aromatic N) is 6. The van der Waals surface area contributed by atoms with E-state index in [1.54, 1.807) is 11.6 Å². The van der Waals surface area contributed by atoms with Gasteiger partial charge in [-0.3, -0.25) is 9.69 Å². The average Bonchev–Trinajstić information content (AvgIpc) is 3.86. The third kappa shape index (κ3) is 7.42. The molecule has 3 N–H and O–H groups in total. The Bertz CT molecular complexity index is 2270. The fraction of sp³-hybridized carbons (Fsp3) is 0.500. The summed E-state index contributed by atoms with van der Waals surface area (Å²) in [5.41, 5.74) is 10.3. The van der Waals surface area contributed by atoms with Crippen molar-refractivity contribution in [2.75, 3.05) is 44.2 Å². The molecular weight excluding hydrogens is 705 g/mol. The number of piperidine rings is 1. The van der Waals surface area contributed by atoms with E-state index in [1.165, 1.54) is 0 Å². The number of pyridine rings is 1. The monoisotopic (exact) mass is 760 g/mol. The number of aromatic nitrogens is 4. The third-order valence-electron chi connectivity index (χ3n) is 11.8. The van der Waals surface area contributed by atoms with Gasteiger partial charge in [-0.25, -0.2) is 14.8 Å². The van der Waals surface area contributed by atoms with Crippen molar-refractivity contribution in [3.05, 3.63) is 88.6 Å². The number of hydrogen-bond acceptors (Lipinski definition) is 9. The summed E-state index contributed by atoms with van der Waals surface area (Å²) >= 11 is 0. The number of fused-ring (bicyclic) bond motifs is 2. The number of aryl methyl sites for hydroxylation is 1. The van der Waals surface area contributed by atoms with Crippen LogP contribution in [0, 0.1) is 5.92 Å². The summed E-state index contributed by atoms with van der Waals surface area (Å²) < 4.78 is 14.3. The third-order valence-corrected chi connectivity index (χ3v) is 11.8. The van der Waals surface area contributed by atoms with Crippen LogP contribution in [0.4, 0.5) is 10.7 Å². The summed E-state index contributed by atoms with van der Waals surface area (Å²) in [7, 11) is 1.78. The van der Waals surface area contributed by atoms with E-state index in [-0.39, 0.29) is 36.4 Å². The Labute approximate surface area is 329 Å². The molecule has 3 fully saturated rings. The molecule has 296 valence electrons. The number of H-pyrrole nitrogens is 1. The predicted octanol–water partition coefficient (Wildman–Crippen LogP) is 6.40. The summed E-state index contributed by atoms with van der Waals surface area (Å²) in [5.74, 6) is 1.21. The molecule has 1 unspecified atom stereocenters. The molecule has 2 aliphatic heterocycles. The number of anilines is 1. The minimum atomic E-state index is -0.990. The summed E-state index contributed by atoms with van der Waals surface area (Å²) in [6, 6.07) is 18.8. The van der Waals surface area contributed by atoms with Gasteiger partial charge in [0.05, 0.1) is 17.3 Å². The minimum Gasteiger partial charge on any atom is -0.444 e. The van der Waals surface area contributed by atoms with E-state index < -0.39 is 11.2 Å². The largest absolute Gasteiger partial charge is 0.444 e. The van der Waals surface area contributed by atoms with Crippen LogP contribution >= 0.6 is 0 Å². The first kappa shape index (κ1) is 38.1. The molecule has 12 heteroatoms. The highest BCUT2D eigenvalue weighted by Crippen LogP contribution is 2.43. The van der Waals surface area contributed by atoms with Crippen molar-refractivity contribution >= 4 is 33.8 Å². The number of nitrogens with two attached hydrogens (primary N) is 1. The van der Waals surface area contributed by atoms with Crippen LogP contribution in [0.5, 0.6) is 0 Å². The molecule has 8 rings (SSSR count). The van der Waals surface area contributed by atoms with Crippen LogP contribution in [-0.2, 0) is 22.1 Å². The van der Waals surface area contributed by atoms with Gasteiger partial charge in [-0.1, -0.05) is 36.4 Å². The number of amides is 1. The van der Waals surface area contributed by atoms with Crippen molar-refractivity contribution in [3.8, 4) is 11.1 Å². The number of rotatable bonds is 9. The quantitative estimate of drug-likeness (QED) is 0.175. The first-order valence-electron chi connectivity index (χ1n) is 20.2. The average molecular weight is 761 g/mol. The molecule has 2 aromatic carbocycles. The highest BCUT2D eigenvalue weighted by atomic mass is 16.6. The molecule has 56 heavy (non-hydrogen) atoms. The molecular formula is C44H56N8O4. The highest BCUT2D eigenvalue weighted by molar-refractivity contribution is 5.97.